The van der Waals surface area contributed by atoms with Gasteiger partial charge in [-0.2, -0.15) is 0 Å². The van der Waals surface area contributed by atoms with Crippen LogP contribution >= 0.6 is 0 Å². The molecule has 0 saturated heterocycles. The summed E-state index contributed by atoms with van der Waals surface area (Å²) in [6.45, 7) is 12.6. The van der Waals surface area contributed by atoms with Crippen LogP contribution in [0.3, 0.4) is 0 Å². The number of esters is 2. The van der Waals surface area contributed by atoms with Gasteiger partial charge in [0.15, 0.2) is 0 Å². The second-order valence-corrected chi connectivity index (χ2v) is 13.2. The number of hydrogen-bond acceptors (Lipinski definition) is 12. The van der Waals surface area contributed by atoms with E-state index in [0.29, 0.717) is 0 Å². The van der Waals surface area contributed by atoms with Crippen LogP contribution in [0.1, 0.15) is 82.5 Å². The maximum Gasteiger partial charge on any atom is 0.408 e. The van der Waals surface area contributed by atoms with Crippen molar-refractivity contribution in [2.45, 2.75) is 97.2 Å². The highest BCUT2D eigenvalue weighted by Gasteiger charge is 2.36. The van der Waals surface area contributed by atoms with Gasteiger partial charge in [0.05, 0.1) is 23.8 Å². The summed E-state index contributed by atoms with van der Waals surface area (Å²) in [6.07, 6.45) is 1.29. The third kappa shape index (κ3) is 15.4. The van der Waals surface area contributed by atoms with Crippen molar-refractivity contribution in [2.24, 2.45) is 0 Å². The molecule has 2 aromatic rings. The van der Waals surface area contributed by atoms with Crippen molar-refractivity contribution in [3.8, 4) is 0 Å². The first-order valence-corrected chi connectivity index (χ1v) is 15.6. The molecule has 0 aliphatic heterocycles. The number of hydrogen-bond donors (Lipinski definition) is 4. The Labute approximate surface area is 285 Å². The van der Waals surface area contributed by atoms with Crippen molar-refractivity contribution in [3.63, 3.8) is 0 Å². The van der Waals surface area contributed by atoms with Crippen molar-refractivity contribution >= 4 is 35.9 Å². The molecule has 0 radical (unpaired) electrons. The maximum atomic E-state index is 13.4. The number of alkyl carbamates (subject to hydrolysis) is 2. The number of carbonyl (C=O) groups excluding carboxylic acids is 6. The number of rotatable bonds is 14. The Hall–Kier alpha value is -5.28. The molecule has 49 heavy (non-hydrogen) atoms. The van der Waals surface area contributed by atoms with Gasteiger partial charge in [-0.1, -0.05) is 0 Å². The molecule has 16 nitrogen and oxygen atoms in total. The summed E-state index contributed by atoms with van der Waals surface area (Å²) < 4.78 is 21.4. The van der Waals surface area contributed by atoms with Crippen LogP contribution in [-0.4, -0.2) is 94.5 Å². The van der Waals surface area contributed by atoms with Crippen molar-refractivity contribution in [2.75, 3.05) is 13.2 Å². The molecule has 0 fully saturated rings. The standard InChI is InChI=1S/C33H46N6O10/c1-20(2)48-31(45)37-25(27(41)39-33(6,7)8)24(49-29(43)22-12-10-15-35-18-22)13-16-46-30(44)36-23(26(40)38-32(3,4)5)19-47-28(42)21-11-9-14-34-17-21/h9-12,14-15,17-18,20,23-25H,13,16,19H2,1-8H3,(H,36,44)(H,37,45)(H,38,40)(H,39,41)/t23-,24?,25-/m0/s1. The van der Waals surface area contributed by atoms with Crippen molar-refractivity contribution in [3.05, 3.63) is 60.2 Å². The summed E-state index contributed by atoms with van der Waals surface area (Å²) in [5, 5.41) is 10.3. The normalized spacial score (nSPS) is 13.2. The van der Waals surface area contributed by atoms with E-state index in [0.717, 1.165) is 0 Å². The summed E-state index contributed by atoms with van der Waals surface area (Å²) in [5.41, 5.74) is -1.22. The minimum atomic E-state index is -1.48. The first-order valence-electron chi connectivity index (χ1n) is 15.6. The van der Waals surface area contributed by atoms with Gasteiger partial charge in [-0.05, 0) is 79.7 Å². The van der Waals surface area contributed by atoms with Gasteiger partial charge in [0.2, 0.25) is 11.8 Å². The number of pyridine rings is 2. The molecule has 4 amide bonds. The zero-order valence-corrected chi connectivity index (χ0v) is 29.0. The Balaban J connectivity index is 2.24. The lowest BCUT2D eigenvalue weighted by atomic mass is 10.0. The number of aromatic nitrogens is 2. The van der Waals surface area contributed by atoms with Gasteiger partial charge < -0.3 is 40.2 Å². The zero-order valence-electron chi connectivity index (χ0n) is 29.0. The van der Waals surface area contributed by atoms with Crippen molar-refractivity contribution in [1.82, 2.24) is 31.2 Å². The molecule has 0 bridgehead atoms. The first-order chi connectivity index (χ1) is 22.8. The fourth-order valence-corrected chi connectivity index (χ4v) is 3.95. The van der Waals surface area contributed by atoms with Gasteiger partial charge in [0.1, 0.15) is 24.8 Å². The molecule has 1 unspecified atom stereocenters. The number of carbonyl (C=O) groups is 6. The number of nitrogens with zero attached hydrogens (tertiary/aromatic N) is 2. The third-order valence-corrected chi connectivity index (χ3v) is 5.94. The van der Waals surface area contributed by atoms with Crippen LogP contribution in [0.5, 0.6) is 0 Å². The molecule has 268 valence electrons. The van der Waals surface area contributed by atoms with E-state index in [-0.39, 0.29) is 17.5 Å². The molecule has 0 aliphatic rings. The summed E-state index contributed by atoms with van der Waals surface area (Å²) in [5.74, 6) is -2.97. The average Bonchev–Trinajstić information content (AvgIpc) is 3.00. The molecule has 3 atom stereocenters. The lowest BCUT2D eigenvalue weighted by Gasteiger charge is -2.30. The highest BCUT2D eigenvalue weighted by atomic mass is 16.6. The van der Waals surface area contributed by atoms with Gasteiger partial charge in [-0.3, -0.25) is 19.6 Å². The lowest BCUT2D eigenvalue weighted by Crippen LogP contribution is -2.58. The number of nitrogens with one attached hydrogen (secondary N) is 4. The van der Waals surface area contributed by atoms with Crippen LogP contribution in [0.2, 0.25) is 0 Å². The van der Waals surface area contributed by atoms with Crippen LogP contribution in [0.4, 0.5) is 9.59 Å². The van der Waals surface area contributed by atoms with E-state index in [9.17, 15) is 28.8 Å². The summed E-state index contributed by atoms with van der Waals surface area (Å²) in [7, 11) is 0. The molecule has 2 aromatic heterocycles. The Bertz CT molecular complexity index is 1420. The minimum absolute atomic E-state index is 0.0689. The van der Waals surface area contributed by atoms with Gasteiger partial charge in [0, 0.05) is 42.3 Å². The van der Waals surface area contributed by atoms with E-state index >= 15 is 0 Å². The summed E-state index contributed by atoms with van der Waals surface area (Å²) in [4.78, 5) is 85.2. The van der Waals surface area contributed by atoms with Crippen LogP contribution in [0.25, 0.3) is 0 Å². The predicted molar refractivity (Wildman–Crippen MR) is 175 cm³/mol. The van der Waals surface area contributed by atoms with E-state index in [1.165, 1.54) is 49.1 Å². The highest BCUT2D eigenvalue weighted by Crippen LogP contribution is 2.13. The number of ether oxygens (including phenoxy) is 4. The number of amides is 4. The van der Waals surface area contributed by atoms with E-state index in [4.69, 9.17) is 18.9 Å². The summed E-state index contributed by atoms with van der Waals surface area (Å²) >= 11 is 0. The van der Waals surface area contributed by atoms with Crippen molar-refractivity contribution in [1.29, 1.82) is 0 Å². The fourth-order valence-electron chi connectivity index (χ4n) is 3.95. The molecule has 0 saturated carbocycles. The largest absolute Gasteiger partial charge is 0.459 e. The van der Waals surface area contributed by atoms with Crippen LogP contribution < -0.4 is 21.3 Å². The quantitative estimate of drug-likeness (QED) is 0.167. The molecule has 4 N–H and O–H groups in total. The highest BCUT2D eigenvalue weighted by molar-refractivity contribution is 5.91. The van der Waals surface area contributed by atoms with Crippen LogP contribution in [0, 0.1) is 0 Å². The summed E-state index contributed by atoms with van der Waals surface area (Å²) in [6, 6.07) is 3.15. The van der Waals surface area contributed by atoms with Gasteiger partial charge in [-0.15, -0.1) is 0 Å². The molecule has 0 aliphatic carbocycles. The van der Waals surface area contributed by atoms with Gasteiger partial charge in [-0.25, -0.2) is 19.2 Å². The monoisotopic (exact) mass is 686 g/mol. The molecule has 16 heteroatoms. The topological polar surface area (TPSA) is 213 Å². The van der Waals surface area contributed by atoms with Gasteiger partial charge >= 0.3 is 24.1 Å². The van der Waals surface area contributed by atoms with E-state index < -0.39 is 84.5 Å². The maximum absolute atomic E-state index is 13.4. The Morgan fingerprint density at radius 3 is 1.78 bits per heavy atom. The molecular weight excluding hydrogens is 640 g/mol. The smallest absolute Gasteiger partial charge is 0.408 e. The van der Waals surface area contributed by atoms with E-state index in [2.05, 4.69) is 31.2 Å². The molecule has 0 spiro atoms. The SMILES string of the molecule is CC(C)OC(=O)N[C@H](C(=O)NC(C)(C)C)C(CCOC(=O)N[C@@H](COC(=O)c1cccnc1)C(=O)NC(C)(C)C)OC(=O)c1cccnc1. The third-order valence-electron chi connectivity index (χ3n) is 5.94. The van der Waals surface area contributed by atoms with E-state index in [1.807, 2.05) is 0 Å². The second-order valence-electron chi connectivity index (χ2n) is 13.2. The van der Waals surface area contributed by atoms with Crippen LogP contribution in [-0.2, 0) is 28.5 Å². The molecular formula is C33H46N6O10. The predicted octanol–water partition coefficient (Wildman–Crippen LogP) is 2.68. The molecule has 0 aromatic carbocycles. The molecule has 2 rings (SSSR count). The lowest BCUT2D eigenvalue weighted by molar-refractivity contribution is -0.128. The van der Waals surface area contributed by atoms with Crippen LogP contribution in [0.15, 0.2) is 49.1 Å². The Kier molecular flexibility index (Phi) is 14.9. The second kappa shape index (κ2) is 18.3. The Morgan fingerprint density at radius 1 is 0.714 bits per heavy atom. The first kappa shape index (κ1) is 39.9. The average molecular weight is 687 g/mol. The Morgan fingerprint density at radius 2 is 1.27 bits per heavy atom. The fraction of sp³-hybridized carbons (Fsp3) is 0.515. The minimum Gasteiger partial charge on any atom is -0.459 e. The zero-order chi connectivity index (χ0) is 36.8. The molecule has 2 heterocycles. The van der Waals surface area contributed by atoms with Gasteiger partial charge in [0.25, 0.3) is 0 Å². The van der Waals surface area contributed by atoms with E-state index in [1.54, 1.807) is 55.4 Å². The van der Waals surface area contributed by atoms with Crippen molar-refractivity contribution < 1.29 is 47.7 Å².